The van der Waals surface area contributed by atoms with E-state index in [1.807, 2.05) is 31.2 Å². The number of nitrogens with one attached hydrogen (secondary N) is 2. The summed E-state index contributed by atoms with van der Waals surface area (Å²) in [5, 5.41) is 14.5. The number of carboxylic acids is 1. The number of carboxylic acid groups (broad SMARTS) is 1. The van der Waals surface area contributed by atoms with Gasteiger partial charge < -0.3 is 20.5 Å². The van der Waals surface area contributed by atoms with Crippen LogP contribution in [0.5, 0.6) is 0 Å². The van der Waals surface area contributed by atoms with E-state index in [1.165, 1.54) is 0 Å². The number of alkyl carbamates (subject to hydrolysis) is 1. The molecule has 7 nitrogen and oxygen atoms in total. The number of ether oxygens (including phenoxy) is 1. The topological polar surface area (TPSA) is 105 Å². The molecule has 3 N–H and O–H groups in total. The molecule has 2 aliphatic carbocycles. The molecular weight excluding hydrogens is 420 g/mol. The average Bonchev–Trinajstić information content (AvgIpc) is 3.09. The number of aliphatic carboxylic acids is 1. The second-order valence-electron chi connectivity index (χ2n) is 8.95. The zero-order chi connectivity index (χ0) is 23.4. The predicted molar refractivity (Wildman–Crippen MR) is 124 cm³/mol. The minimum atomic E-state index is -0.814. The van der Waals surface area contributed by atoms with Gasteiger partial charge in [0.1, 0.15) is 12.6 Å². The summed E-state index contributed by atoms with van der Waals surface area (Å²) in [5.74, 6) is -0.995. The van der Waals surface area contributed by atoms with Gasteiger partial charge in [0.15, 0.2) is 0 Å². The third-order valence-corrected chi connectivity index (χ3v) is 6.57. The SMILES string of the molecule is CCC[C@H](NC(=O)OCC1c2ccccc2-c2ccccc21)C(=O)NC1CC(CC(=O)O)C1. The Kier molecular flexibility index (Phi) is 6.96. The van der Waals surface area contributed by atoms with Gasteiger partial charge in [-0.1, -0.05) is 61.9 Å². The molecule has 174 valence electrons. The van der Waals surface area contributed by atoms with Crippen molar-refractivity contribution in [1.29, 1.82) is 0 Å². The molecular formula is C26H30N2O5. The van der Waals surface area contributed by atoms with Crippen LogP contribution in [0.4, 0.5) is 4.79 Å². The molecule has 7 heteroatoms. The minimum Gasteiger partial charge on any atom is -0.481 e. The van der Waals surface area contributed by atoms with Gasteiger partial charge in [0.05, 0.1) is 0 Å². The molecule has 0 saturated heterocycles. The van der Waals surface area contributed by atoms with Crippen molar-refractivity contribution in [3.05, 3.63) is 59.7 Å². The quantitative estimate of drug-likeness (QED) is 0.534. The van der Waals surface area contributed by atoms with Gasteiger partial charge in [-0.15, -0.1) is 0 Å². The Hall–Kier alpha value is -3.35. The summed E-state index contributed by atoms with van der Waals surface area (Å²) in [7, 11) is 0. The Bertz CT molecular complexity index is 985. The van der Waals surface area contributed by atoms with Crippen molar-refractivity contribution in [1.82, 2.24) is 10.6 Å². The van der Waals surface area contributed by atoms with E-state index in [0.717, 1.165) is 28.7 Å². The molecule has 0 aliphatic heterocycles. The molecule has 2 aromatic rings. The van der Waals surface area contributed by atoms with Crippen molar-refractivity contribution in [2.24, 2.45) is 5.92 Å². The second-order valence-corrected chi connectivity index (χ2v) is 8.95. The molecule has 33 heavy (non-hydrogen) atoms. The fourth-order valence-electron chi connectivity index (χ4n) is 4.91. The number of carbonyl (C=O) groups excluding carboxylic acids is 2. The summed E-state index contributed by atoms with van der Waals surface area (Å²) in [6.07, 6.45) is 2.06. The molecule has 2 amide bonds. The Morgan fingerprint density at radius 3 is 2.21 bits per heavy atom. The normalized spacial score (nSPS) is 19.5. The van der Waals surface area contributed by atoms with E-state index < -0.39 is 18.1 Å². The molecule has 1 saturated carbocycles. The third-order valence-electron chi connectivity index (χ3n) is 6.57. The van der Waals surface area contributed by atoms with Crippen LogP contribution in [-0.4, -0.2) is 41.8 Å². The average molecular weight is 451 g/mol. The van der Waals surface area contributed by atoms with Crippen LogP contribution >= 0.6 is 0 Å². The first-order valence-corrected chi connectivity index (χ1v) is 11.6. The Morgan fingerprint density at radius 2 is 1.64 bits per heavy atom. The molecule has 0 bridgehead atoms. The van der Waals surface area contributed by atoms with Gasteiger partial charge in [-0.25, -0.2) is 4.79 Å². The van der Waals surface area contributed by atoms with Crippen LogP contribution in [0.3, 0.4) is 0 Å². The zero-order valence-electron chi connectivity index (χ0n) is 18.8. The molecule has 4 rings (SSSR count). The highest BCUT2D eigenvalue weighted by Crippen LogP contribution is 2.44. The lowest BCUT2D eigenvalue weighted by molar-refractivity contribution is -0.139. The molecule has 0 aromatic heterocycles. The fraction of sp³-hybridized carbons (Fsp3) is 0.423. The highest BCUT2D eigenvalue weighted by molar-refractivity contribution is 5.86. The highest BCUT2D eigenvalue weighted by atomic mass is 16.5. The lowest BCUT2D eigenvalue weighted by Crippen LogP contribution is -2.53. The molecule has 1 fully saturated rings. The molecule has 0 spiro atoms. The summed E-state index contributed by atoms with van der Waals surface area (Å²) >= 11 is 0. The van der Waals surface area contributed by atoms with E-state index in [9.17, 15) is 14.4 Å². The van der Waals surface area contributed by atoms with Crippen molar-refractivity contribution in [3.8, 4) is 11.1 Å². The summed E-state index contributed by atoms with van der Waals surface area (Å²) < 4.78 is 5.58. The minimum absolute atomic E-state index is 0.0366. The first-order valence-electron chi connectivity index (χ1n) is 11.6. The van der Waals surface area contributed by atoms with Crippen LogP contribution in [0.15, 0.2) is 48.5 Å². The van der Waals surface area contributed by atoms with Crippen LogP contribution in [0.1, 0.15) is 56.1 Å². The number of carbonyl (C=O) groups is 3. The molecule has 0 heterocycles. The number of benzene rings is 2. The van der Waals surface area contributed by atoms with Gasteiger partial charge in [0.2, 0.25) is 5.91 Å². The Balaban J connectivity index is 1.32. The molecule has 2 aromatic carbocycles. The van der Waals surface area contributed by atoms with Gasteiger partial charge in [0.25, 0.3) is 0 Å². The maximum absolute atomic E-state index is 12.7. The summed E-state index contributed by atoms with van der Waals surface area (Å²) in [4.78, 5) is 36.1. The van der Waals surface area contributed by atoms with Crippen molar-refractivity contribution >= 4 is 18.0 Å². The number of hydrogen-bond donors (Lipinski definition) is 3. The van der Waals surface area contributed by atoms with Gasteiger partial charge in [-0.05, 0) is 47.4 Å². The predicted octanol–water partition coefficient (Wildman–Crippen LogP) is 4.06. The largest absolute Gasteiger partial charge is 0.481 e. The monoisotopic (exact) mass is 450 g/mol. The maximum Gasteiger partial charge on any atom is 0.407 e. The standard InChI is InChI=1S/C26H30N2O5/c1-2-7-23(25(31)27-17-12-16(13-17)14-24(29)30)28-26(32)33-15-22-20-10-5-3-8-18(20)19-9-4-6-11-21(19)22/h3-6,8-11,16-17,22-23H,2,7,12-15H2,1H3,(H,27,31)(H,28,32)(H,29,30)/t16?,17?,23-/m0/s1. The number of fused-ring (bicyclic) bond motifs is 3. The molecule has 2 aliphatic rings. The Labute approximate surface area is 193 Å². The van der Waals surface area contributed by atoms with Crippen molar-refractivity contribution in [2.45, 2.75) is 57.0 Å². The summed E-state index contributed by atoms with van der Waals surface area (Å²) in [5.41, 5.74) is 4.59. The maximum atomic E-state index is 12.7. The van der Waals surface area contributed by atoms with Gasteiger partial charge in [0, 0.05) is 18.4 Å². The fourth-order valence-corrected chi connectivity index (χ4v) is 4.91. The molecule has 1 atom stereocenters. The van der Waals surface area contributed by atoms with E-state index >= 15 is 0 Å². The van der Waals surface area contributed by atoms with Gasteiger partial charge in [-0.2, -0.15) is 0 Å². The summed E-state index contributed by atoms with van der Waals surface area (Å²) in [6, 6.07) is 15.6. The lowest BCUT2D eigenvalue weighted by atomic mass is 9.78. The molecule has 0 unspecified atom stereocenters. The van der Waals surface area contributed by atoms with Crippen LogP contribution < -0.4 is 10.6 Å². The second kappa shape index (κ2) is 10.1. The van der Waals surface area contributed by atoms with Crippen LogP contribution in [0.2, 0.25) is 0 Å². The number of hydrogen-bond acceptors (Lipinski definition) is 4. The zero-order valence-corrected chi connectivity index (χ0v) is 18.8. The Morgan fingerprint density at radius 1 is 1.03 bits per heavy atom. The molecule has 0 radical (unpaired) electrons. The summed E-state index contributed by atoms with van der Waals surface area (Å²) in [6.45, 7) is 2.14. The number of amides is 2. The van der Waals surface area contributed by atoms with E-state index in [2.05, 4.69) is 34.9 Å². The van der Waals surface area contributed by atoms with Crippen molar-refractivity contribution < 1.29 is 24.2 Å². The van der Waals surface area contributed by atoms with Gasteiger partial charge in [-0.3, -0.25) is 9.59 Å². The number of rotatable bonds is 9. The van der Waals surface area contributed by atoms with Crippen molar-refractivity contribution in [3.63, 3.8) is 0 Å². The smallest absolute Gasteiger partial charge is 0.407 e. The van der Waals surface area contributed by atoms with E-state index in [1.54, 1.807) is 0 Å². The van der Waals surface area contributed by atoms with E-state index in [0.29, 0.717) is 19.3 Å². The first kappa shape index (κ1) is 22.8. The van der Waals surface area contributed by atoms with E-state index in [4.69, 9.17) is 9.84 Å². The highest BCUT2D eigenvalue weighted by Gasteiger charge is 2.34. The first-order chi connectivity index (χ1) is 16.0. The van der Waals surface area contributed by atoms with Crippen LogP contribution in [0, 0.1) is 5.92 Å². The van der Waals surface area contributed by atoms with Crippen molar-refractivity contribution in [2.75, 3.05) is 6.61 Å². The van der Waals surface area contributed by atoms with Crippen LogP contribution in [0.25, 0.3) is 11.1 Å². The van der Waals surface area contributed by atoms with E-state index in [-0.39, 0.29) is 36.8 Å². The van der Waals surface area contributed by atoms with Crippen LogP contribution in [-0.2, 0) is 14.3 Å². The third kappa shape index (κ3) is 5.18. The lowest BCUT2D eigenvalue weighted by Gasteiger charge is -2.35. The van der Waals surface area contributed by atoms with Gasteiger partial charge >= 0.3 is 12.1 Å².